The third-order valence-electron chi connectivity index (χ3n) is 3.33. The number of hydrogen-bond acceptors (Lipinski definition) is 2. The number of fused-ring (bicyclic) bond motifs is 1. The molecule has 1 unspecified atom stereocenters. The van der Waals surface area contributed by atoms with E-state index in [1.807, 2.05) is 24.3 Å². The van der Waals surface area contributed by atoms with Gasteiger partial charge in [-0.05, 0) is 28.8 Å². The Hall–Kier alpha value is -2.13. The second-order valence-electron chi connectivity index (χ2n) is 4.44. The van der Waals surface area contributed by atoms with Crippen LogP contribution in [0.1, 0.15) is 33.1 Å². The molecule has 0 aromatic heterocycles. The summed E-state index contributed by atoms with van der Waals surface area (Å²) in [5, 5.41) is 12.4. The van der Waals surface area contributed by atoms with E-state index in [9.17, 15) is 4.79 Å². The number of nitrogens with one attached hydrogen (secondary N) is 1. The fraction of sp³-hybridized carbons (Fsp3) is 0.133. The van der Waals surface area contributed by atoms with Gasteiger partial charge in [-0.1, -0.05) is 36.4 Å². The van der Waals surface area contributed by atoms with Crippen LogP contribution < -0.4 is 5.32 Å². The summed E-state index contributed by atoms with van der Waals surface area (Å²) in [5.74, 6) is -0.874. The van der Waals surface area contributed by atoms with Gasteiger partial charge in [0.25, 0.3) is 0 Å². The van der Waals surface area contributed by atoms with E-state index in [0.717, 1.165) is 12.1 Å². The van der Waals surface area contributed by atoms with Crippen molar-refractivity contribution in [3.63, 3.8) is 0 Å². The first kappa shape index (κ1) is 11.0. The molecule has 2 aromatic carbocycles. The standard InChI is InChI=1S/C15H13NO2/c17-15(18)11-6-7-13-12(8-11)9-16-14(13)10-4-2-1-3-5-10/h1-8,14,16H,9H2,(H,17,18). The third-order valence-corrected chi connectivity index (χ3v) is 3.33. The maximum Gasteiger partial charge on any atom is 0.335 e. The van der Waals surface area contributed by atoms with Gasteiger partial charge >= 0.3 is 5.97 Å². The minimum atomic E-state index is -0.874. The van der Waals surface area contributed by atoms with Crippen molar-refractivity contribution in [2.45, 2.75) is 12.6 Å². The summed E-state index contributed by atoms with van der Waals surface area (Å²) in [5.41, 5.74) is 3.80. The lowest BCUT2D eigenvalue weighted by molar-refractivity contribution is 0.0697. The molecular weight excluding hydrogens is 226 g/mol. The van der Waals surface area contributed by atoms with Gasteiger partial charge in [-0.3, -0.25) is 0 Å². The van der Waals surface area contributed by atoms with Crippen LogP contribution in [0, 0.1) is 0 Å². The molecule has 3 nitrogen and oxygen atoms in total. The van der Waals surface area contributed by atoms with Crippen LogP contribution in [0.2, 0.25) is 0 Å². The Bertz CT molecular complexity index is 593. The fourth-order valence-electron chi connectivity index (χ4n) is 2.44. The second kappa shape index (κ2) is 4.27. The smallest absolute Gasteiger partial charge is 0.335 e. The molecule has 0 aliphatic carbocycles. The molecule has 1 atom stereocenters. The minimum absolute atomic E-state index is 0.170. The molecule has 0 bridgehead atoms. The van der Waals surface area contributed by atoms with Crippen LogP contribution in [-0.2, 0) is 6.54 Å². The second-order valence-corrected chi connectivity index (χ2v) is 4.44. The summed E-state index contributed by atoms with van der Waals surface area (Å²) >= 11 is 0. The first-order valence-corrected chi connectivity index (χ1v) is 5.90. The van der Waals surface area contributed by atoms with E-state index in [1.54, 1.807) is 12.1 Å². The zero-order chi connectivity index (χ0) is 12.5. The van der Waals surface area contributed by atoms with Gasteiger partial charge in [0, 0.05) is 6.54 Å². The van der Waals surface area contributed by atoms with Crippen molar-refractivity contribution < 1.29 is 9.90 Å². The highest BCUT2D eigenvalue weighted by atomic mass is 16.4. The lowest BCUT2D eigenvalue weighted by Crippen LogP contribution is -2.12. The molecule has 1 heterocycles. The summed E-state index contributed by atoms with van der Waals surface area (Å²) in [6.45, 7) is 0.718. The van der Waals surface area contributed by atoms with Crippen molar-refractivity contribution in [1.82, 2.24) is 5.32 Å². The molecule has 3 rings (SSSR count). The predicted octanol–water partition coefficient (Wildman–Crippen LogP) is 2.58. The van der Waals surface area contributed by atoms with E-state index < -0.39 is 5.97 Å². The molecule has 0 spiro atoms. The Morgan fingerprint density at radius 3 is 2.67 bits per heavy atom. The quantitative estimate of drug-likeness (QED) is 0.846. The average Bonchev–Trinajstić information content (AvgIpc) is 2.82. The number of carbonyl (C=O) groups is 1. The normalized spacial score (nSPS) is 17.4. The van der Waals surface area contributed by atoms with E-state index in [1.165, 1.54) is 11.1 Å². The largest absolute Gasteiger partial charge is 0.478 e. The number of benzene rings is 2. The molecule has 0 saturated carbocycles. The number of carboxylic acid groups (broad SMARTS) is 1. The topological polar surface area (TPSA) is 49.3 Å². The van der Waals surface area contributed by atoms with E-state index in [0.29, 0.717) is 5.56 Å². The van der Waals surface area contributed by atoms with Crippen LogP contribution in [0.25, 0.3) is 0 Å². The molecule has 90 valence electrons. The summed E-state index contributed by atoms with van der Waals surface area (Å²) in [6, 6.07) is 15.7. The molecule has 18 heavy (non-hydrogen) atoms. The highest BCUT2D eigenvalue weighted by molar-refractivity contribution is 5.88. The Labute approximate surface area is 105 Å². The van der Waals surface area contributed by atoms with Gasteiger partial charge in [-0.2, -0.15) is 0 Å². The summed E-state index contributed by atoms with van der Waals surface area (Å²) < 4.78 is 0. The Morgan fingerprint density at radius 2 is 1.94 bits per heavy atom. The lowest BCUT2D eigenvalue weighted by atomic mass is 9.97. The van der Waals surface area contributed by atoms with Gasteiger partial charge in [0.15, 0.2) is 0 Å². The Balaban J connectivity index is 2.00. The fourth-order valence-corrected chi connectivity index (χ4v) is 2.44. The monoisotopic (exact) mass is 239 g/mol. The molecule has 1 aliphatic rings. The predicted molar refractivity (Wildman–Crippen MR) is 68.5 cm³/mol. The zero-order valence-electron chi connectivity index (χ0n) is 9.76. The molecule has 3 heteroatoms. The lowest BCUT2D eigenvalue weighted by Gasteiger charge is -2.12. The average molecular weight is 239 g/mol. The molecule has 0 fully saturated rings. The summed E-state index contributed by atoms with van der Waals surface area (Å²) in [7, 11) is 0. The van der Waals surface area contributed by atoms with Gasteiger partial charge in [0.05, 0.1) is 11.6 Å². The van der Waals surface area contributed by atoms with E-state index in [2.05, 4.69) is 17.4 Å². The first-order chi connectivity index (χ1) is 8.75. The van der Waals surface area contributed by atoms with Crippen LogP contribution >= 0.6 is 0 Å². The minimum Gasteiger partial charge on any atom is -0.478 e. The maximum atomic E-state index is 10.9. The van der Waals surface area contributed by atoms with Crippen LogP contribution in [0.15, 0.2) is 48.5 Å². The van der Waals surface area contributed by atoms with E-state index in [4.69, 9.17) is 5.11 Å². The van der Waals surface area contributed by atoms with Crippen LogP contribution in [0.3, 0.4) is 0 Å². The van der Waals surface area contributed by atoms with Crippen molar-refractivity contribution in [2.24, 2.45) is 0 Å². The number of hydrogen-bond donors (Lipinski definition) is 2. The van der Waals surface area contributed by atoms with Gasteiger partial charge in [0.1, 0.15) is 0 Å². The highest BCUT2D eigenvalue weighted by Crippen LogP contribution is 2.31. The molecule has 2 aromatic rings. The van der Waals surface area contributed by atoms with Crippen molar-refractivity contribution in [1.29, 1.82) is 0 Å². The Kier molecular flexibility index (Phi) is 2.61. The molecule has 0 saturated heterocycles. The van der Waals surface area contributed by atoms with Crippen molar-refractivity contribution in [2.75, 3.05) is 0 Å². The molecular formula is C15H13NO2. The van der Waals surface area contributed by atoms with Crippen molar-refractivity contribution >= 4 is 5.97 Å². The molecule has 0 amide bonds. The van der Waals surface area contributed by atoms with Gasteiger partial charge in [-0.15, -0.1) is 0 Å². The van der Waals surface area contributed by atoms with E-state index in [-0.39, 0.29) is 6.04 Å². The SMILES string of the molecule is O=C(O)c1ccc2c(c1)CNC2c1ccccc1. The van der Waals surface area contributed by atoms with Crippen LogP contribution in [-0.4, -0.2) is 11.1 Å². The van der Waals surface area contributed by atoms with Gasteiger partial charge in [0.2, 0.25) is 0 Å². The number of aromatic carboxylic acids is 1. The summed E-state index contributed by atoms with van der Waals surface area (Å²) in [4.78, 5) is 10.9. The van der Waals surface area contributed by atoms with Crippen LogP contribution in [0.5, 0.6) is 0 Å². The maximum absolute atomic E-state index is 10.9. The summed E-state index contributed by atoms with van der Waals surface area (Å²) in [6.07, 6.45) is 0. The highest BCUT2D eigenvalue weighted by Gasteiger charge is 2.23. The first-order valence-electron chi connectivity index (χ1n) is 5.90. The van der Waals surface area contributed by atoms with Gasteiger partial charge < -0.3 is 10.4 Å². The van der Waals surface area contributed by atoms with Crippen molar-refractivity contribution in [3.05, 3.63) is 70.8 Å². The number of rotatable bonds is 2. The van der Waals surface area contributed by atoms with Gasteiger partial charge in [-0.25, -0.2) is 4.79 Å². The number of carboxylic acids is 1. The van der Waals surface area contributed by atoms with Crippen molar-refractivity contribution in [3.8, 4) is 0 Å². The molecule has 1 aliphatic heterocycles. The van der Waals surface area contributed by atoms with Crippen LogP contribution in [0.4, 0.5) is 0 Å². The molecule has 2 N–H and O–H groups in total. The zero-order valence-corrected chi connectivity index (χ0v) is 9.76. The molecule has 0 radical (unpaired) electrons. The third kappa shape index (κ3) is 1.79. The Morgan fingerprint density at radius 1 is 1.17 bits per heavy atom. The van der Waals surface area contributed by atoms with E-state index >= 15 is 0 Å².